The van der Waals surface area contributed by atoms with Crippen molar-refractivity contribution in [2.45, 2.75) is 13.2 Å². The van der Waals surface area contributed by atoms with Crippen LogP contribution < -0.4 is 4.74 Å². The third kappa shape index (κ3) is 5.46. The minimum absolute atomic E-state index is 0.0146. The van der Waals surface area contributed by atoms with Crippen molar-refractivity contribution in [3.05, 3.63) is 101 Å². The number of halogens is 2. The number of carbonyl (C=O) groups excluding carboxylic acids is 1. The van der Waals surface area contributed by atoms with Gasteiger partial charge < -0.3 is 9.47 Å². The molecule has 0 N–H and O–H groups in total. The molecule has 0 aromatic heterocycles. The molecule has 3 aromatic rings. The number of ether oxygens (including phenoxy) is 2. The number of carbonyl (C=O) groups is 1. The van der Waals surface area contributed by atoms with E-state index in [1.165, 1.54) is 0 Å². The molecule has 0 unspecified atom stereocenters. The second-order valence-electron chi connectivity index (χ2n) is 5.96. The van der Waals surface area contributed by atoms with E-state index in [0.29, 0.717) is 12.2 Å². The number of ketones is 1. The second kappa shape index (κ2) is 9.05. The fourth-order valence-corrected chi connectivity index (χ4v) is 2.45. The first kappa shape index (κ1) is 18.7. The Morgan fingerprint density at radius 2 is 1.52 bits per heavy atom. The lowest BCUT2D eigenvalue weighted by Crippen LogP contribution is -2.09. The summed E-state index contributed by atoms with van der Waals surface area (Å²) in [5, 5.41) is 0. The van der Waals surface area contributed by atoms with E-state index >= 15 is 0 Å². The number of hydrogen-bond acceptors (Lipinski definition) is 3. The van der Waals surface area contributed by atoms with Crippen molar-refractivity contribution in [3.63, 3.8) is 0 Å². The van der Waals surface area contributed by atoms with Gasteiger partial charge in [-0.05, 0) is 23.3 Å². The van der Waals surface area contributed by atoms with Crippen LogP contribution in [0.3, 0.4) is 0 Å². The van der Waals surface area contributed by atoms with E-state index in [1.807, 2.05) is 30.3 Å². The predicted octanol–water partition coefficient (Wildman–Crippen LogP) is 4.94. The molecule has 27 heavy (non-hydrogen) atoms. The third-order valence-corrected chi connectivity index (χ3v) is 3.91. The highest BCUT2D eigenvalue weighted by atomic mass is 19.1. The zero-order valence-electron chi connectivity index (χ0n) is 14.5. The lowest BCUT2D eigenvalue weighted by atomic mass is 10.1. The maximum atomic E-state index is 13.5. The molecule has 0 fully saturated rings. The highest BCUT2D eigenvalue weighted by molar-refractivity contribution is 5.97. The van der Waals surface area contributed by atoms with Crippen LogP contribution in [-0.2, 0) is 18.0 Å². The van der Waals surface area contributed by atoms with E-state index in [0.717, 1.165) is 29.3 Å². The van der Waals surface area contributed by atoms with Crippen LogP contribution in [0, 0.1) is 11.6 Å². The molecule has 0 radical (unpaired) electrons. The fraction of sp³-hybridized carbons (Fsp3) is 0.136. The van der Waals surface area contributed by atoms with Gasteiger partial charge in [-0.15, -0.1) is 0 Å². The maximum absolute atomic E-state index is 13.5. The summed E-state index contributed by atoms with van der Waals surface area (Å²) >= 11 is 0. The first-order chi connectivity index (χ1) is 13.1. The van der Waals surface area contributed by atoms with E-state index in [4.69, 9.17) is 9.47 Å². The third-order valence-electron chi connectivity index (χ3n) is 3.91. The van der Waals surface area contributed by atoms with Crippen LogP contribution in [0.2, 0.25) is 0 Å². The molecule has 0 saturated heterocycles. The quantitative estimate of drug-likeness (QED) is 0.528. The fourth-order valence-electron chi connectivity index (χ4n) is 2.45. The normalized spacial score (nSPS) is 10.6. The monoisotopic (exact) mass is 368 g/mol. The molecular weight excluding hydrogens is 350 g/mol. The van der Waals surface area contributed by atoms with Crippen molar-refractivity contribution >= 4 is 5.78 Å². The Labute approximate surface area is 156 Å². The van der Waals surface area contributed by atoms with Crippen molar-refractivity contribution in [2.24, 2.45) is 0 Å². The average molecular weight is 368 g/mol. The largest absolute Gasteiger partial charge is 0.486 e. The van der Waals surface area contributed by atoms with Gasteiger partial charge in [-0.2, -0.15) is 0 Å². The molecule has 5 heteroatoms. The van der Waals surface area contributed by atoms with Gasteiger partial charge in [0.2, 0.25) is 0 Å². The molecule has 0 aliphatic rings. The van der Waals surface area contributed by atoms with Gasteiger partial charge in [0.05, 0.1) is 6.61 Å². The van der Waals surface area contributed by atoms with Crippen LogP contribution in [0.5, 0.6) is 5.75 Å². The van der Waals surface area contributed by atoms with E-state index in [9.17, 15) is 13.6 Å². The van der Waals surface area contributed by atoms with Crippen molar-refractivity contribution in [3.8, 4) is 5.75 Å². The maximum Gasteiger partial charge on any atom is 0.188 e. The van der Waals surface area contributed by atoms with E-state index < -0.39 is 11.6 Å². The summed E-state index contributed by atoms with van der Waals surface area (Å²) < 4.78 is 37.4. The molecule has 0 spiro atoms. The SMILES string of the molecule is O=C(COCc1ccccc1)c1ccc(COc2cc(F)ccc2F)cc1. The van der Waals surface area contributed by atoms with Gasteiger partial charge in [0, 0.05) is 11.6 Å². The second-order valence-corrected chi connectivity index (χ2v) is 5.96. The van der Waals surface area contributed by atoms with Gasteiger partial charge in [0.25, 0.3) is 0 Å². The summed E-state index contributed by atoms with van der Waals surface area (Å²) in [5.41, 5.74) is 2.26. The van der Waals surface area contributed by atoms with Crippen LogP contribution in [0.15, 0.2) is 72.8 Å². The summed E-state index contributed by atoms with van der Waals surface area (Å²) in [6, 6.07) is 19.4. The number of benzene rings is 3. The standard InChI is InChI=1S/C22H18F2O3/c23-19-10-11-20(24)22(12-19)27-14-17-6-8-18(9-7-17)21(25)15-26-13-16-4-2-1-3-5-16/h1-12H,13-15H2. The minimum atomic E-state index is -0.626. The van der Waals surface area contributed by atoms with Gasteiger partial charge in [-0.1, -0.05) is 54.6 Å². The average Bonchev–Trinajstić information content (AvgIpc) is 2.70. The summed E-state index contributed by atoms with van der Waals surface area (Å²) in [4.78, 5) is 12.2. The lowest BCUT2D eigenvalue weighted by molar-refractivity contribution is 0.0726. The number of rotatable bonds is 8. The Kier molecular flexibility index (Phi) is 6.28. The highest BCUT2D eigenvalue weighted by Gasteiger charge is 2.08. The number of Topliss-reactive ketones (excluding diaryl/α,β-unsaturated/α-hetero) is 1. The van der Waals surface area contributed by atoms with Crippen LogP contribution >= 0.6 is 0 Å². The molecule has 3 nitrogen and oxygen atoms in total. The Morgan fingerprint density at radius 3 is 2.26 bits per heavy atom. The van der Waals surface area contributed by atoms with Crippen molar-refractivity contribution in [1.82, 2.24) is 0 Å². The lowest BCUT2D eigenvalue weighted by Gasteiger charge is -2.08. The zero-order chi connectivity index (χ0) is 19.1. The van der Waals surface area contributed by atoms with Gasteiger partial charge >= 0.3 is 0 Å². The molecule has 0 aliphatic heterocycles. The van der Waals surface area contributed by atoms with E-state index in [1.54, 1.807) is 24.3 Å². The molecule has 138 valence electrons. The highest BCUT2D eigenvalue weighted by Crippen LogP contribution is 2.19. The molecule has 3 aromatic carbocycles. The summed E-state index contributed by atoms with van der Waals surface area (Å²) in [6.07, 6.45) is 0. The molecule has 0 bridgehead atoms. The smallest absolute Gasteiger partial charge is 0.188 e. The predicted molar refractivity (Wildman–Crippen MR) is 97.6 cm³/mol. The molecule has 0 atom stereocenters. The van der Waals surface area contributed by atoms with Gasteiger partial charge in [-0.25, -0.2) is 8.78 Å². The van der Waals surface area contributed by atoms with E-state index in [-0.39, 0.29) is 24.7 Å². The Bertz CT molecular complexity index is 893. The zero-order valence-corrected chi connectivity index (χ0v) is 14.5. The molecule has 0 amide bonds. The van der Waals surface area contributed by atoms with Gasteiger partial charge in [0.15, 0.2) is 17.3 Å². The van der Waals surface area contributed by atoms with Crippen LogP contribution in [0.4, 0.5) is 8.78 Å². The number of hydrogen-bond donors (Lipinski definition) is 0. The van der Waals surface area contributed by atoms with E-state index in [2.05, 4.69) is 0 Å². The van der Waals surface area contributed by atoms with Crippen molar-refractivity contribution < 1.29 is 23.0 Å². The minimum Gasteiger partial charge on any atom is -0.486 e. The summed E-state index contributed by atoms with van der Waals surface area (Å²) in [7, 11) is 0. The van der Waals surface area contributed by atoms with Gasteiger partial charge in [-0.3, -0.25) is 4.79 Å². The molecule has 0 aliphatic carbocycles. The first-order valence-electron chi connectivity index (χ1n) is 8.43. The summed E-state index contributed by atoms with van der Waals surface area (Å²) in [5.74, 6) is -1.47. The molecule has 3 rings (SSSR count). The first-order valence-corrected chi connectivity index (χ1v) is 8.43. The van der Waals surface area contributed by atoms with Crippen LogP contribution in [0.1, 0.15) is 21.5 Å². The molecule has 0 saturated carbocycles. The van der Waals surface area contributed by atoms with Crippen LogP contribution in [-0.4, -0.2) is 12.4 Å². The van der Waals surface area contributed by atoms with Gasteiger partial charge in [0.1, 0.15) is 19.0 Å². The molecular formula is C22H18F2O3. The Hall–Kier alpha value is -3.05. The Balaban J connectivity index is 1.50. The van der Waals surface area contributed by atoms with Crippen molar-refractivity contribution in [2.75, 3.05) is 6.61 Å². The van der Waals surface area contributed by atoms with Crippen LogP contribution in [0.25, 0.3) is 0 Å². The molecule has 0 heterocycles. The topological polar surface area (TPSA) is 35.5 Å². The Morgan fingerprint density at radius 1 is 0.815 bits per heavy atom. The van der Waals surface area contributed by atoms with Crippen molar-refractivity contribution in [1.29, 1.82) is 0 Å². The summed E-state index contributed by atoms with van der Waals surface area (Å²) in [6.45, 7) is 0.427.